The Labute approximate surface area is 125 Å². The number of carbonyl (C=O) groups is 1. The maximum Gasteiger partial charge on any atom is 0.159 e. The van der Waals surface area contributed by atoms with Crippen molar-refractivity contribution in [3.8, 4) is 0 Å². The summed E-state index contributed by atoms with van der Waals surface area (Å²) in [5.74, 6) is 0.0818. The fraction of sp³-hybridized carbons (Fsp3) is 0.235. The Bertz CT molecular complexity index is 607. The summed E-state index contributed by atoms with van der Waals surface area (Å²) in [4.78, 5) is 13.4. The highest BCUT2D eigenvalue weighted by Gasteiger charge is 2.15. The number of hydrogen-bond donors (Lipinski definition) is 0. The van der Waals surface area contributed by atoms with Crippen molar-refractivity contribution in [2.75, 3.05) is 11.9 Å². The number of hydrogen-bond acceptors (Lipinski definition) is 2. The lowest BCUT2D eigenvalue weighted by molar-refractivity contribution is 0.101. The summed E-state index contributed by atoms with van der Waals surface area (Å²) in [6, 6.07) is 15.7. The summed E-state index contributed by atoms with van der Waals surface area (Å²) in [6.45, 7) is 3.69. The minimum Gasteiger partial charge on any atom is -0.368 e. The molecule has 0 radical (unpaired) electrons. The first-order valence-corrected chi connectivity index (χ1v) is 6.96. The molecule has 104 valence electrons. The summed E-state index contributed by atoms with van der Waals surface area (Å²) < 4.78 is 0. The van der Waals surface area contributed by atoms with Crippen LogP contribution in [0.15, 0.2) is 48.5 Å². The van der Waals surface area contributed by atoms with Crippen molar-refractivity contribution in [2.45, 2.75) is 19.9 Å². The van der Waals surface area contributed by atoms with Gasteiger partial charge in [0.15, 0.2) is 5.78 Å². The lowest BCUT2D eigenvalue weighted by Crippen LogP contribution is -2.21. The van der Waals surface area contributed by atoms with Gasteiger partial charge in [0.1, 0.15) is 0 Å². The van der Waals surface area contributed by atoms with Gasteiger partial charge in [-0.05, 0) is 49.7 Å². The minimum atomic E-state index is 0.0818. The molecular weight excluding hydrogens is 270 g/mol. The quantitative estimate of drug-likeness (QED) is 0.757. The van der Waals surface area contributed by atoms with Gasteiger partial charge in [-0.25, -0.2) is 0 Å². The first-order chi connectivity index (χ1) is 9.50. The van der Waals surface area contributed by atoms with E-state index in [1.54, 1.807) is 6.92 Å². The molecule has 2 aromatic carbocycles. The van der Waals surface area contributed by atoms with Gasteiger partial charge in [-0.1, -0.05) is 29.8 Å². The van der Waals surface area contributed by atoms with Crippen LogP contribution in [0.25, 0.3) is 0 Å². The molecule has 1 atom stereocenters. The van der Waals surface area contributed by atoms with E-state index in [9.17, 15) is 4.79 Å². The predicted molar refractivity (Wildman–Crippen MR) is 84.7 cm³/mol. The minimum absolute atomic E-state index is 0.0818. The molecule has 2 rings (SSSR count). The first kappa shape index (κ1) is 14.6. The molecule has 0 amide bonds. The van der Waals surface area contributed by atoms with Crippen LogP contribution in [0.4, 0.5) is 5.69 Å². The lowest BCUT2D eigenvalue weighted by Gasteiger charge is -2.28. The van der Waals surface area contributed by atoms with Crippen LogP contribution >= 0.6 is 11.6 Å². The zero-order chi connectivity index (χ0) is 14.7. The van der Waals surface area contributed by atoms with Crippen LogP contribution in [-0.4, -0.2) is 12.8 Å². The van der Waals surface area contributed by atoms with E-state index in [0.29, 0.717) is 0 Å². The van der Waals surface area contributed by atoms with Gasteiger partial charge in [-0.3, -0.25) is 4.79 Å². The van der Waals surface area contributed by atoms with E-state index in [2.05, 4.69) is 11.8 Å². The van der Waals surface area contributed by atoms with Gasteiger partial charge < -0.3 is 4.90 Å². The van der Waals surface area contributed by atoms with Crippen LogP contribution in [0.1, 0.15) is 35.8 Å². The zero-order valence-electron chi connectivity index (χ0n) is 11.9. The van der Waals surface area contributed by atoms with Crippen molar-refractivity contribution in [3.63, 3.8) is 0 Å². The normalized spacial score (nSPS) is 12.0. The Kier molecular flexibility index (Phi) is 4.46. The molecule has 0 fully saturated rings. The predicted octanol–water partition coefficient (Wildman–Crippen LogP) is 4.74. The molecule has 0 aliphatic carbocycles. The Morgan fingerprint density at radius 2 is 1.70 bits per heavy atom. The third-order valence-electron chi connectivity index (χ3n) is 3.62. The summed E-state index contributed by atoms with van der Waals surface area (Å²) in [5, 5.41) is 0.771. The largest absolute Gasteiger partial charge is 0.368 e. The molecule has 0 N–H and O–H groups in total. The fourth-order valence-electron chi connectivity index (χ4n) is 2.18. The van der Waals surface area contributed by atoms with Crippen LogP contribution in [0.2, 0.25) is 5.02 Å². The zero-order valence-corrected chi connectivity index (χ0v) is 12.7. The highest BCUT2D eigenvalue weighted by molar-refractivity contribution is 6.31. The topological polar surface area (TPSA) is 20.3 Å². The average Bonchev–Trinajstić information content (AvgIpc) is 2.46. The molecule has 0 aliphatic heterocycles. The van der Waals surface area contributed by atoms with Gasteiger partial charge in [-0.15, -0.1) is 0 Å². The second-order valence-electron chi connectivity index (χ2n) is 4.91. The van der Waals surface area contributed by atoms with E-state index in [-0.39, 0.29) is 11.8 Å². The smallest absolute Gasteiger partial charge is 0.159 e. The highest BCUT2D eigenvalue weighted by Crippen LogP contribution is 2.29. The first-order valence-electron chi connectivity index (χ1n) is 6.59. The van der Waals surface area contributed by atoms with Gasteiger partial charge in [0.25, 0.3) is 0 Å². The van der Waals surface area contributed by atoms with Crippen molar-refractivity contribution in [3.05, 3.63) is 64.7 Å². The number of anilines is 1. The van der Waals surface area contributed by atoms with E-state index in [0.717, 1.165) is 21.8 Å². The molecule has 1 unspecified atom stereocenters. The van der Waals surface area contributed by atoms with Crippen LogP contribution < -0.4 is 4.90 Å². The lowest BCUT2D eigenvalue weighted by atomic mass is 10.1. The van der Waals surface area contributed by atoms with Gasteiger partial charge in [0.05, 0.1) is 6.04 Å². The van der Waals surface area contributed by atoms with E-state index < -0.39 is 0 Å². The van der Waals surface area contributed by atoms with Crippen molar-refractivity contribution in [2.24, 2.45) is 0 Å². The van der Waals surface area contributed by atoms with E-state index in [1.807, 2.05) is 55.6 Å². The molecule has 2 aromatic rings. The van der Waals surface area contributed by atoms with E-state index in [1.165, 1.54) is 0 Å². The molecule has 0 saturated heterocycles. The summed E-state index contributed by atoms with van der Waals surface area (Å²) in [6.07, 6.45) is 0. The van der Waals surface area contributed by atoms with E-state index >= 15 is 0 Å². The Balaban J connectivity index is 2.24. The summed E-state index contributed by atoms with van der Waals surface area (Å²) in [5.41, 5.74) is 2.88. The monoisotopic (exact) mass is 287 g/mol. The van der Waals surface area contributed by atoms with Crippen molar-refractivity contribution in [1.82, 2.24) is 0 Å². The van der Waals surface area contributed by atoms with Gasteiger partial charge in [0, 0.05) is 23.3 Å². The summed E-state index contributed by atoms with van der Waals surface area (Å²) >= 11 is 6.25. The summed E-state index contributed by atoms with van der Waals surface area (Å²) in [7, 11) is 2.02. The third kappa shape index (κ3) is 3.02. The molecule has 0 bridgehead atoms. The molecule has 0 aromatic heterocycles. The van der Waals surface area contributed by atoms with Crippen molar-refractivity contribution in [1.29, 1.82) is 0 Å². The van der Waals surface area contributed by atoms with Crippen LogP contribution in [0.5, 0.6) is 0 Å². The SMILES string of the molecule is CC(=O)c1ccc(N(C)C(C)c2ccccc2Cl)cc1. The van der Waals surface area contributed by atoms with Gasteiger partial charge in [0.2, 0.25) is 0 Å². The van der Waals surface area contributed by atoms with Crippen molar-refractivity contribution >= 4 is 23.1 Å². The molecule has 3 heteroatoms. The fourth-order valence-corrected chi connectivity index (χ4v) is 2.47. The molecule has 0 aliphatic rings. The molecule has 0 spiro atoms. The second-order valence-corrected chi connectivity index (χ2v) is 5.32. The Hall–Kier alpha value is -1.80. The van der Waals surface area contributed by atoms with Crippen LogP contribution in [-0.2, 0) is 0 Å². The Morgan fingerprint density at radius 1 is 1.10 bits per heavy atom. The van der Waals surface area contributed by atoms with Crippen LogP contribution in [0, 0.1) is 0 Å². The number of halogens is 1. The Morgan fingerprint density at radius 3 is 2.25 bits per heavy atom. The molecule has 0 saturated carbocycles. The number of carbonyl (C=O) groups excluding carboxylic acids is 1. The number of nitrogens with zero attached hydrogens (tertiary/aromatic N) is 1. The number of Topliss-reactive ketones (excluding diaryl/α,β-unsaturated/α-hetero) is 1. The van der Waals surface area contributed by atoms with Crippen LogP contribution in [0.3, 0.4) is 0 Å². The molecule has 20 heavy (non-hydrogen) atoms. The van der Waals surface area contributed by atoms with Gasteiger partial charge in [-0.2, -0.15) is 0 Å². The number of rotatable bonds is 4. The van der Waals surface area contributed by atoms with Gasteiger partial charge >= 0.3 is 0 Å². The molecular formula is C17H18ClNO. The maximum atomic E-state index is 11.3. The third-order valence-corrected chi connectivity index (χ3v) is 3.96. The molecule has 2 nitrogen and oxygen atoms in total. The standard InChI is InChI=1S/C17H18ClNO/c1-12(16-6-4-5-7-17(16)18)19(3)15-10-8-14(9-11-15)13(2)20/h4-12H,1-3H3. The average molecular weight is 288 g/mol. The number of benzene rings is 2. The maximum absolute atomic E-state index is 11.3. The van der Waals surface area contributed by atoms with E-state index in [4.69, 9.17) is 11.6 Å². The number of ketones is 1. The highest BCUT2D eigenvalue weighted by atomic mass is 35.5. The molecule has 0 heterocycles. The van der Waals surface area contributed by atoms with Crippen molar-refractivity contribution < 1.29 is 4.79 Å². The second kappa shape index (κ2) is 6.10.